The van der Waals surface area contributed by atoms with Crippen molar-refractivity contribution in [1.29, 1.82) is 0 Å². The molecule has 0 aliphatic carbocycles. The lowest BCUT2D eigenvalue weighted by Crippen LogP contribution is -1.95. The molecule has 0 spiro atoms. The number of rotatable bonds is 4. The van der Waals surface area contributed by atoms with Gasteiger partial charge in [-0.1, -0.05) is 24.3 Å². The summed E-state index contributed by atoms with van der Waals surface area (Å²) in [6.07, 6.45) is 1.23. The third-order valence-electron chi connectivity index (χ3n) is 2.75. The predicted molar refractivity (Wildman–Crippen MR) is 69.3 cm³/mol. The first-order chi connectivity index (χ1) is 9.17. The number of hydrogen-bond donors (Lipinski definition) is 0. The van der Waals surface area contributed by atoms with Crippen molar-refractivity contribution in [2.45, 2.75) is 0 Å². The fraction of sp³-hybridized carbons (Fsp3) is 0. The Morgan fingerprint density at radius 3 is 2.16 bits per heavy atom. The lowest BCUT2D eigenvalue weighted by Gasteiger charge is -2.07. The highest BCUT2D eigenvalue weighted by Crippen LogP contribution is 2.28. The molecule has 2 aromatic carbocycles. The number of nitro groups is 1. The van der Waals surface area contributed by atoms with Gasteiger partial charge in [0.15, 0.2) is 12.6 Å². The Morgan fingerprint density at radius 2 is 1.53 bits per heavy atom. The van der Waals surface area contributed by atoms with E-state index in [2.05, 4.69) is 0 Å². The van der Waals surface area contributed by atoms with Crippen LogP contribution in [-0.4, -0.2) is 17.5 Å². The maximum Gasteiger partial charge on any atom is 0.270 e. The number of benzene rings is 2. The van der Waals surface area contributed by atoms with Crippen LogP contribution in [0, 0.1) is 10.1 Å². The number of aldehydes is 2. The molecule has 0 unspecified atom stereocenters. The van der Waals surface area contributed by atoms with E-state index in [0.29, 0.717) is 29.3 Å². The van der Waals surface area contributed by atoms with E-state index in [1.807, 2.05) is 0 Å². The molecule has 0 radical (unpaired) electrons. The van der Waals surface area contributed by atoms with Crippen molar-refractivity contribution in [3.8, 4) is 11.1 Å². The van der Waals surface area contributed by atoms with Crippen LogP contribution in [0.1, 0.15) is 20.7 Å². The second-order valence-corrected chi connectivity index (χ2v) is 3.85. The van der Waals surface area contributed by atoms with Crippen molar-refractivity contribution in [2.24, 2.45) is 0 Å². The number of carbonyl (C=O) groups is 2. The molecule has 0 atom stereocenters. The summed E-state index contributed by atoms with van der Waals surface area (Å²) in [6, 6.07) is 10.7. The molecule has 5 nitrogen and oxygen atoms in total. The van der Waals surface area contributed by atoms with Gasteiger partial charge in [0.05, 0.1) is 4.92 Å². The average Bonchev–Trinajstić information content (AvgIpc) is 2.46. The first kappa shape index (κ1) is 12.6. The molecule has 0 heterocycles. The molecule has 0 amide bonds. The Hall–Kier alpha value is -2.82. The SMILES string of the molecule is O=Cc1ccccc1-c1ccc([N+](=O)[O-])cc1C=O. The highest BCUT2D eigenvalue weighted by atomic mass is 16.6. The second-order valence-electron chi connectivity index (χ2n) is 3.85. The standard InChI is InChI=1S/C14H9NO4/c16-8-10-3-1-2-4-13(10)14-6-5-12(15(18)19)7-11(14)9-17/h1-9H. The van der Waals surface area contributed by atoms with Crippen LogP contribution in [0.15, 0.2) is 42.5 Å². The maximum atomic E-state index is 11.1. The van der Waals surface area contributed by atoms with Gasteiger partial charge in [0, 0.05) is 23.3 Å². The van der Waals surface area contributed by atoms with E-state index in [1.54, 1.807) is 24.3 Å². The van der Waals surface area contributed by atoms with Gasteiger partial charge in [-0.15, -0.1) is 0 Å². The summed E-state index contributed by atoms with van der Waals surface area (Å²) in [5, 5.41) is 10.7. The van der Waals surface area contributed by atoms with Gasteiger partial charge in [-0.05, 0) is 17.2 Å². The number of carbonyl (C=O) groups excluding carboxylic acids is 2. The van der Waals surface area contributed by atoms with Gasteiger partial charge < -0.3 is 0 Å². The molecular formula is C14H9NO4. The van der Waals surface area contributed by atoms with Crippen LogP contribution in [0.4, 0.5) is 5.69 Å². The third-order valence-corrected chi connectivity index (χ3v) is 2.75. The van der Waals surface area contributed by atoms with E-state index in [1.165, 1.54) is 18.2 Å². The summed E-state index contributed by atoms with van der Waals surface area (Å²) in [5.74, 6) is 0. The second kappa shape index (κ2) is 5.22. The van der Waals surface area contributed by atoms with Gasteiger partial charge in [-0.3, -0.25) is 19.7 Å². The molecule has 19 heavy (non-hydrogen) atoms. The largest absolute Gasteiger partial charge is 0.298 e. The van der Waals surface area contributed by atoms with E-state index in [9.17, 15) is 19.7 Å². The van der Waals surface area contributed by atoms with Crippen molar-refractivity contribution in [3.05, 3.63) is 63.7 Å². The summed E-state index contributed by atoms with van der Waals surface area (Å²) < 4.78 is 0. The molecular weight excluding hydrogens is 246 g/mol. The lowest BCUT2D eigenvalue weighted by molar-refractivity contribution is -0.384. The van der Waals surface area contributed by atoms with Crippen LogP contribution in [0.25, 0.3) is 11.1 Å². The minimum atomic E-state index is -0.567. The molecule has 0 aromatic heterocycles. The number of nitro benzene ring substituents is 1. The first-order valence-corrected chi connectivity index (χ1v) is 5.45. The molecule has 94 valence electrons. The minimum Gasteiger partial charge on any atom is -0.298 e. The van der Waals surface area contributed by atoms with Crippen molar-refractivity contribution in [3.63, 3.8) is 0 Å². The fourth-order valence-corrected chi connectivity index (χ4v) is 1.85. The molecule has 0 fully saturated rings. The van der Waals surface area contributed by atoms with E-state index in [-0.39, 0.29) is 11.3 Å². The molecule has 0 saturated heterocycles. The van der Waals surface area contributed by atoms with Gasteiger partial charge >= 0.3 is 0 Å². The first-order valence-electron chi connectivity index (χ1n) is 5.45. The maximum absolute atomic E-state index is 11.1. The van der Waals surface area contributed by atoms with Crippen molar-refractivity contribution < 1.29 is 14.5 Å². The van der Waals surface area contributed by atoms with Crippen LogP contribution in [0.5, 0.6) is 0 Å². The molecule has 0 bridgehead atoms. The Bertz CT molecular complexity index is 664. The Labute approximate surface area is 108 Å². The predicted octanol–water partition coefficient (Wildman–Crippen LogP) is 2.89. The van der Waals surface area contributed by atoms with Crippen LogP contribution in [0.2, 0.25) is 0 Å². The van der Waals surface area contributed by atoms with E-state index >= 15 is 0 Å². The monoisotopic (exact) mass is 255 g/mol. The van der Waals surface area contributed by atoms with Gasteiger partial charge in [0.2, 0.25) is 0 Å². The zero-order chi connectivity index (χ0) is 13.8. The number of non-ortho nitro benzene ring substituents is 1. The lowest BCUT2D eigenvalue weighted by atomic mass is 9.96. The van der Waals surface area contributed by atoms with E-state index in [0.717, 1.165) is 0 Å². The summed E-state index contributed by atoms with van der Waals surface area (Å²) >= 11 is 0. The van der Waals surface area contributed by atoms with Crippen LogP contribution < -0.4 is 0 Å². The van der Waals surface area contributed by atoms with Gasteiger partial charge in [0.1, 0.15) is 0 Å². The summed E-state index contributed by atoms with van der Waals surface area (Å²) in [4.78, 5) is 32.1. The van der Waals surface area contributed by atoms with Crippen LogP contribution >= 0.6 is 0 Å². The molecule has 2 aromatic rings. The Kier molecular flexibility index (Phi) is 3.47. The average molecular weight is 255 g/mol. The van der Waals surface area contributed by atoms with Crippen molar-refractivity contribution in [2.75, 3.05) is 0 Å². The summed E-state index contributed by atoms with van der Waals surface area (Å²) in [5.41, 5.74) is 1.54. The minimum absolute atomic E-state index is 0.158. The Balaban J connectivity index is 2.65. The summed E-state index contributed by atoms with van der Waals surface area (Å²) in [6.45, 7) is 0. The van der Waals surface area contributed by atoms with Gasteiger partial charge in [-0.2, -0.15) is 0 Å². The van der Waals surface area contributed by atoms with E-state index < -0.39 is 4.92 Å². The van der Waals surface area contributed by atoms with Crippen LogP contribution in [0.3, 0.4) is 0 Å². The molecule has 0 aliphatic heterocycles. The Morgan fingerprint density at radius 1 is 0.895 bits per heavy atom. The van der Waals surface area contributed by atoms with E-state index in [4.69, 9.17) is 0 Å². The molecule has 0 N–H and O–H groups in total. The van der Waals surface area contributed by atoms with Gasteiger partial charge in [-0.25, -0.2) is 0 Å². The molecule has 0 saturated carbocycles. The van der Waals surface area contributed by atoms with Gasteiger partial charge in [0.25, 0.3) is 5.69 Å². The third kappa shape index (κ3) is 2.40. The quantitative estimate of drug-likeness (QED) is 0.478. The fourth-order valence-electron chi connectivity index (χ4n) is 1.85. The number of nitrogens with zero attached hydrogens (tertiary/aromatic N) is 1. The van der Waals surface area contributed by atoms with Crippen molar-refractivity contribution >= 4 is 18.3 Å². The zero-order valence-electron chi connectivity index (χ0n) is 9.78. The normalized spacial score (nSPS) is 9.89. The highest BCUT2D eigenvalue weighted by molar-refractivity contribution is 5.94. The highest BCUT2D eigenvalue weighted by Gasteiger charge is 2.13. The molecule has 0 aliphatic rings. The number of hydrogen-bond acceptors (Lipinski definition) is 4. The topological polar surface area (TPSA) is 77.3 Å². The molecule has 5 heteroatoms. The summed E-state index contributed by atoms with van der Waals surface area (Å²) in [7, 11) is 0. The zero-order valence-corrected chi connectivity index (χ0v) is 9.78. The van der Waals surface area contributed by atoms with Crippen LogP contribution in [-0.2, 0) is 0 Å². The van der Waals surface area contributed by atoms with Crippen molar-refractivity contribution in [1.82, 2.24) is 0 Å². The molecule has 2 rings (SSSR count). The smallest absolute Gasteiger partial charge is 0.270 e.